The van der Waals surface area contributed by atoms with Crippen LogP contribution >= 0.6 is 23.4 Å². The van der Waals surface area contributed by atoms with E-state index < -0.39 is 6.43 Å². The van der Waals surface area contributed by atoms with Crippen molar-refractivity contribution in [1.82, 2.24) is 9.97 Å². The highest BCUT2D eigenvalue weighted by atomic mass is 35.5. The topological polar surface area (TPSA) is 25.8 Å². The molecule has 0 N–H and O–H groups in total. The Morgan fingerprint density at radius 3 is 2.72 bits per heavy atom. The fourth-order valence-electron chi connectivity index (χ4n) is 2.07. The van der Waals surface area contributed by atoms with E-state index in [4.69, 9.17) is 11.6 Å². The molecule has 1 heterocycles. The minimum Gasteiger partial charge on any atom is -0.240 e. The van der Waals surface area contributed by atoms with E-state index in [2.05, 4.69) is 9.97 Å². The Morgan fingerprint density at radius 1 is 1.39 bits per heavy atom. The van der Waals surface area contributed by atoms with E-state index in [0.29, 0.717) is 22.4 Å². The Hall–Kier alpha value is -0.420. The fourth-order valence-corrected chi connectivity index (χ4v) is 3.46. The summed E-state index contributed by atoms with van der Waals surface area (Å²) >= 11 is 7.36. The van der Waals surface area contributed by atoms with Crippen LogP contribution in [0.2, 0.25) is 0 Å². The van der Waals surface area contributed by atoms with Gasteiger partial charge in [0.15, 0.2) is 0 Å². The van der Waals surface area contributed by atoms with Crippen LogP contribution in [0, 0.1) is 0 Å². The molecule has 1 aliphatic carbocycles. The Bertz CT molecular complexity index is 398. The van der Waals surface area contributed by atoms with E-state index in [1.807, 2.05) is 0 Å². The Kier molecular flexibility index (Phi) is 5.18. The smallest absolute Gasteiger partial charge is 0.240 e. The maximum absolute atomic E-state index is 12.8. The summed E-state index contributed by atoms with van der Waals surface area (Å²) in [5.41, 5.74) is 0.100. The molecule has 1 aromatic heterocycles. The highest BCUT2D eigenvalue weighted by Crippen LogP contribution is 2.31. The zero-order valence-corrected chi connectivity index (χ0v) is 11.5. The summed E-state index contributed by atoms with van der Waals surface area (Å²) in [7, 11) is 0. The Labute approximate surface area is 115 Å². The molecule has 1 saturated carbocycles. The minimum atomic E-state index is -2.59. The van der Waals surface area contributed by atoms with Gasteiger partial charge in [-0.15, -0.1) is 11.6 Å². The SMILES string of the molecule is FC(F)c1nc(CSC2CCCC2)ncc1CCl. The number of alkyl halides is 3. The van der Waals surface area contributed by atoms with Crippen LogP contribution in [0.15, 0.2) is 6.20 Å². The van der Waals surface area contributed by atoms with Crippen molar-refractivity contribution in [3.63, 3.8) is 0 Å². The summed E-state index contributed by atoms with van der Waals surface area (Å²) in [5.74, 6) is 1.11. The predicted octanol–water partition coefficient (Wildman–Crippen LogP) is 4.33. The van der Waals surface area contributed by atoms with Gasteiger partial charge in [0.2, 0.25) is 0 Å². The van der Waals surface area contributed by atoms with Gasteiger partial charge in [0.25, 0.3) is 6.43 Å². The van der Waals surface area contributed by atoms with E-state index in [9.17, 15) is 8.78 Å². The standard InChI is InChI=1S/C12H15ClF2N2S/c13-5-8-6-16-10(17-11(8)12(14)15)7-18-9-3-1-2-4-9/h6,9,12H,1-5,7H2. The molecule has 0 bridgehead atoms. The minimum absolute atomic E-state index is 0.0235. The van der Waals surface area contributed by atoms with Gasteiger partial charge < -0.3 is 0 Å². The van der Waals surface area contributed by atoms with Crippen LogP contribution in [-0.4, -0.2) is 15.2 Å². The van der Waals surface area contributed by atoms with Gasteiger partial charge in [0, 0.05) is 17.0 Å². The molecule has 100 valence electrons. The quantitative estimate of drug-likeness (QED) is 0.756. The summed E-state index contributed by atoms with van der Waals surface area (Å²) < 4.78 is 25.6. The highest BCUT2D eigenvalue weighted by Gasteiger charge is 2.18. The molecular weight excluding hydrogens is 278 g/mol. The van der Waals surface area contributed by atoms with Crippen molar-refractivity contribution in [3.8, 4) is 0 Å². The summed E-state index contributed by atoms with van der Waals surface area (Å²) in [5, 5.41) is 0.635. The molecule has 0 amide bonds. The number of rotatable bonds is 5. The Balaban J connectivity index is 2.01. The zero-order valence-electron chi connectivity index (χ0n) is 9.91. The summed E-state index contributed by atoms with van der Waals surface area (Å²) in [6, 6.07) is 0. The normalized spacial score (nSPS) is 16.7. The van der Waals surface area contributed by atoms with Crippen molar-refractivity contribution < 1.29 is 8.78 Å². The molecule has 1 aliphatic rings. The van der Waals surface area contributed by atoms with Crippen LogP contribution in [0.3, 0.4) is 0 Å². The molecule has 0 saturated heterocycles. The van der Waals surface area contributed by atoms with Gasteiger partial charge in [-0.3, -0.25) is 0 Å². The van der Waals surface area contributed by atoms with E-state index in [-0.39, 0.29) is 11.6 Å². The van der Waals surface area contributed by atoms with Crippen LogP contribution in [0.25, 0.3) is 0 Å². The number of hydrogen-bond donors (Lipinski definition) is 0. The molecule has 0 aliphatic heterocycles. The second-order valence-corrected chi connectivity index (χ2v) is 5.90. The largest absolute Gasteiger partial charge is 0.280 e. The monoisotopic (exact) mass is 292 g/mol. The van der Waals surface area contributed by atoms with Crippen LogP contribution in [0.4, 0.5) is 8.78 Å². The molecule has 0 radical (unpaired) electrons. The van der Waals surface area contributed by atoms with Crippen molar-refractivity contribution in [3.05, 3.63) is 23.3 Å². The molecule has 2 rings (SSSR count). The van der Waals surface area contributed by atoms with E-state index >= 15 is 0 Å². The molecule has 1 fully saturated rings. The van der Waals surface area contributed by atoms with Gasteiger partial charge in [-0.05, 0) is 12.8 Å². The molecule has 0 spiro atoms. The number of halogens is 3. The van der Waals surface area contributed by atoms with E-state index in [0.717, 1.165) is 0 Å². The van der Waals surface area contributed by atoms with E-state index in [1.54, 1.807) is 11.8 Å². The van der Waals surface area contributed by atoms with Gasteiger partial charge >= 0.3 is 0 Å². The third kappa shape index (κ3) is 3.54. The summed E-state index contributed by atoms with van der Waals surface area (Å²) in [4.78, 5) is 8.04. The molecule has 0 aromatic carbocycles. The maximum atomic E-state index is 12.8. The first kappa shape index (κ1) is 14.0. The summed E-state index contributed by atoms with van der Waals surface area (Å²) in [6.07, 6.45) is 3.81. The molecule has 18 heavy (non-hydrogen) atoms. The predicted molar refractivity (Wildman–Crippen MR) is 70.1 cm³/mol. The van der Waals surface area contributed by atoms with Crippen molar-refractivity contribution in [1.29, 1.82) is 0 Å². The third-order valence-electron chi connectivity index (χ3n) is 3.05. The molecular formula is C12H15ClF2N2S. The second kappa shape index (κ2) is 6.66. The average Bonchev–Trinajstić information content (AvgIpc) is 2.89. The maximum Gasteiger partial charge on any atom is 0.280 e. The average molecular weight is 293 g/mol. The molecule has 0 atom stereocenters. The van der Waals surface area contributed by atoms with Crippen molar-refractivity contribution in [2.75, 3.05) is 0 Å². The number of hydrogen-bond acceptors (Lipinski definition) is 3. The number of nitrogens with zero attached hydrogens (tertiary/aromatic N) is 2. The van der Waals surface area contributed by atoms with E-state index in [1.165, 1.54) is 31.9 Å². The zero-order chi connectivity index (χ0) is 13.0. The first-order chi connectivity index (χ1) is 8.70. The van der Waals surface area contributed by atoms with Crippen molar-refractivity contribution in [2.45, 2.75) is 49.0 Å². The summed E-state index contributed by atoms with van der Waals surface area (Å²) in [6.45, 7) is 0. The highest BCUT2D eigenvalue weighted by molar-refractivity contribution is 7.99. The lowest BCUT2D eigenvalue weighted by Crippen LogP contribution is -2.04. The van der Waals surface area contributed by atoms with Crippen LogP contribution < -0.4 is 0 Å². The fraction of sp³-hybridized carbons (Fsp3) is 0.667. The lowest BCUT2D eigenvalue weighted by molar-refractivity contribution is 0.144. The first-order valence-electron chi connectivity index (χ1n) is 6.01. The van der Waals surface area contributed by atoms with Crippen LogP contribution in [-0.2, 0) is 11.6 Å². The van der Waals surface area contributed by atoms with Gasteiger partial charge in [0.1, 0.15) is 11.5 Å². The number of aromatic nitrogens is 2. The van der Waals surface area contributed by atoms with Gasteiger partial charge in [-0.2, -0.15) is 11.8 Å². The van der Waals surface area contributed by atoms with Crippen molar-refractivity contribution in [2.24, 2.45) is 0 Å². The lowest BCUT2D eigenvalue weighted by atomic mass is 10.2. The van der Waals surface area contributed by atoms with Crippen LogP contribution in [0.5, 0.6) is 0 Å². The first-order valence-corrected chi connectivity index (χ1v) is 7.59. The number of thioether (sulfide) groups is 1. The molecule has 0 unspecified atom stereocenters. The molecule has 1 aromatic rings. The third-order valence-corrected chi connectivity index (χ3v) is 4.70. The molecule has 2 nitrogen and oxygen atoms in total. The molecule has 6 heteroatoms. The Morgan fingerprint density at radius 2 is 2.11 bits per heavy atom. The van der Waals surface area contributed by atoms with Gasteiger partial charge in [-0.25, -0.2) is 18.7 Å². The lowest BCUT2D eigenvalue weighted by Gasteiger charge is -2.10. The van der Waals surface area contributed by atoms with Crippen LogP contribution in [0.1, 0.15) is 49.2 Å². The van der Waals surface area contributed by atoms with Gasteiger partial charge in [-0.1, -0.05) is 12.8 Å². The van der Waals surface area contributed by atoms with Gasteiger partial charge in [0.05, 0.1) is 11.6 Å². The van der Waals surface area contributed by atoms with Crippen molar-refractivity contribution >= 4 is 23.4 Å². The second-order valence-electron chi connectivity index (χ2n) is 4.35.